The van der Waals surface area contributed by atoms with E-state index in [0.29, 0.717) is 30.8 Å². The summed E-state index contributed by atoms with van der Waals surface area (Å²) in [6, 6.07) is 15.1. The molecule has 2 aromatic carbocycles. The Balaban J connectivity index is 1.35. The summed E-state index contributed by atoms with van der Waals surface area (Å²) in [6.07, 6.45) is 2.03. The van der Waals surface area contributed by atoms with E-state index in [1.165, 1.54) is 6.26 Å². The topological polar surface area (TPSA) is 111 Å². The second-order valence-corrected chi connectivity index (χ2v) is 8.42. The highest BCUT2D eigenvalue weighted by Gasteiger charge is 2.35. The van der Waals surface area contributed by atoms with E-state index < -0.39 is 12.1 Å². The van der Waals surface area contributed by atoms with E-state index in [1.807, 2.05) is 48.5 Å². The molecule has 2 N–H and O–H groups in total. The average molecular weight is 485 g/mol. The van der Waals surface area contributed by atoms with Crippen molar-refractivity contribution in [3.8, 4) is 0 Å². The number of ether oxygens (including phenoxy) is 2. The van der Waals surface area contributed by atoms with Gasteiger partial charge in [0.1, 0.15) is 13.1 Å². The molecule has 1 aliphatic rings. The molecule has 0 unspecified atom stereocenters. The van der Waals surface area contributed by atoms with Crippen LogP contribution in [0.5, 0.6) is 0 Å². The Morgan fingerprint density at radius 3 is 2.59 bits per heavy atom. The molecule has 0 bridgehead atoms. The summed E-state index contributed by atoms with van der Waals surface area (Å²) in [7, 11) is 0. The molecule has 178 valence electrons. The number of aliphatic carboxylic acids is 1. The number of halogens is 1. The van der Waals surface area contributed by atoms with Crippen molar-refractivity contribution in [2.45, 2.75) is 37.9 Å². The molecule has 2 atom stereocenters. The van der Waals surface area contributed by atoms with E-state index in [9.17, 15) is 9.59 Å². The minimum Gasteiger partial charge on any atom is -0.481 e. The Labute approximate surface area is 201 Å². The number of carboxylic acid groups (broad SMARTS) is 1. The fourth-order valence-electron chi connectivity index (χ4n) is 3.83. The van der Waals surface area contributed by atoms with Crippen LogP contribution in [0.25, 0.3) is 0 Å². The van der Waals surface area contributed by atoms with Gasteiger partial charge >= 0.3 is 5.97 Å². The Kier molecular flexibility index (Phi) is 7.95. The van der Waals surface area contributed by atoms with Crippen molar-refractivity contribution in [2.75, 3.05) is 13.3 Å². The van der Waals surface area contributed by atoms with E-state index in [4.69, 9.17) is 30.6 Å². The SMILES string of the molecule is O=C(O)CCc1ccccc1C[C@@H]1OCO[C@H]1c1nc(C(=O)NCCc2ccc(Cl)cc2)co1. The van der Waals surface area contributed by atoms with Crippen LogP contribution >= 0.6 is 11.6 Å². The number of aromatic nitrogens is 1. The molecule has 1 aliphatic heterocycles. The van der Waals surface area contributed by atoms with Gasteiger partial charge in [0.2, 0.25) is 5.89 Å². The smallest absolute Gasteiger partial charge is 0.303 e. The van der Waals surface area contributed by atoms with E-state index in [-0.39, 0.29) is 36.8 Å². The van der Waals surface area contributed by atoms with Crippen LogP contribution in [0.2, 0.25) is 5.02 Å². The van der Waals surface area contributed by atoms with E-state index in [1.54, 1.807) is 0 Å². The first-order chi connectivity index (χ1) is 16.5. The van der Waals surface area contributed by atoms with Gasteiger partial charge in [-0.25, -0.2) is 4.98 Å². The molecule has 0 radical (unpaired) electrons. The quantitative estimate of drug-likeness (QED) is 0.447. The largest absolute Gasteiger partial charge is 0.481 e. The highest BCUT2D eigenvalue weighted by atomic mass is 35.5. The van der Waals surface area contributed by atoms with Gasteiger partial charge in [-0.15, -0.1) is 0 Å². The van der Waals surface area contributed by atoms with Gasteiger partial charge in [-0.1, -0.05) is 48.0 Å². The summed E-state index contributed by atoms with van der Waals surface area (Å²) in [5.74, 6) is -0.904. The third-order valence-corrected chi connectivity index (χ3v) is 5.88. The molecular formula is C25H25ClN2O6. The Morgan fingerprint density at radius 1 is 1.06 bits per heavy atom. The van der Waals surface area contributed by atoms with Crippen LogP contribution in [0.1, 0.15) is 45.6 Å². The number of nitrogens with zero attached hydrogens (tertiary/aromatic N) is 1. The summed E-state index contributed by atoms with van der Waals surface area (Å²) in [5.41, 5.74) is 3.17. The fraction of sp³-hybridized carbons (Fsp3) is 0.320. The number of carboxylic acids is 1. The maximum Gasteiger partial charge on any atom is 0.303 e. The molecule has 1 fully saturated rings. The molecule has 1 saturated heterocycles. The summed E-state index contributed by atoms with van der Waals surface area (Å²) < 4.78 is 17.0. The molecule has 0 spiro atoms. The first-order valence-electron chi connectivity index (χ1n) is 11.0. The van der Waals surface area contributed by atoms with Crippen LogP contribution in [0.15, 0.2) is 59.2 Å². The second-order valence-electron chi connectivity index (χ2n) is 7.98. The van der Waals surface area contributed by atoms with Gasteiger partial charge < -0.3 is 24.3 Å². The zero-order valence-electron chi connectivity index (χ0n) is 18.4. The lowest BCUT2D eigenvalue weighted by atomic mass is 9.96. The van der Waals surface area contributed by atoms with Crippen molar-refractivity contribution >= 4 is 23.5 Å². The molecule has 0 aliphatic carbocycles. The molecule has 3 aromatic rings. The average Bonchev–Trinajstić information content (AvgIpc) is 3.49. The standard InChI is InChI=1S/C25H25ClN2O6/c26-19-8-5-16(6-9-19)11-12-27-24(31)20-14-32-25(28-20)23-21(33-15-34-23)13-18-4-2-1-3-17(18)7-10-22(29)30/h1-6,8-9,14,21,23H,7,10-13,15H2,(H,27,31)(H,29,30)/t21-,23+/m0/s1. The molecule has 1 aromatic heterocycles. The molecule has 2 heterocycles. The lowest BCUT2D eigenvalue weighted by Gasteiger charge is -2.16. The van der Waals surface area contributed by atoms with Crippen LogP contribution in [-0.2, 0) is 33.5 Å². The van der Waals surface area contributed by atoms with Crippen molar-refractivity contribution in [1.29, 1.82) is 0 Å². The molecule has 4 rings (SSSR count). The van der Waals surface area contributed by atoms with Crippen LogP contribution < -0.4 is 5.32 Å². The number of hydrogen-bond donors (Lipinski definition) is 2. The van der Waals surface area contributed by atoms with Crippen LogP contribution in [0, 0.1) is 0 Å². The minimum absolute atomic E-state index is 0.0543. The fourth-order valence-corrected chi connectivity index (χ4v) is 3.96. The van der Waals surface area contributed by atoms with Crippen LogP contribution in [0.4, 0.5) is 0 Å². The van der Waals surface area contributed by atoms with Gasteiger partial charge in [-0.3, -0.25) is 9.59 Å². The van der Waals surface area contributed by atoms with Crippen molar-refractivity contribution in [2.24, 2.45) is 0 Å². The number of rotatable bonds is 10. The van der Waals surface area contributed by atoms with Gasteiger partial charge in [-0.2, -0.15) is 0 Å². The van der Waals surface area contributed by atoms with Crippen molar-refractivity contribution in [3.63, 3.8) is 0 Å². The van der Waals surface area contributed by atoms with E-state index >= 15 is 0 Å². The Hall–Kier alpha value is -3.20. The molecule has 8 nitrogen and oxygen atoms in total. The van der Waals surface area contributed by atoms with Gasteiger partial charge in [0, 0.05) is 24.4 Å². The first kappa shape index (κ1) is 23.9. The summed E-state index contributed by atoms with van der Waals surface area (Å²) in [5, 5.41) is 12.5. The van der Waals surface area contributed by atoms with Gasteiger partial charge in [0.25, 0.3) is 5.91 Å². The zero-order valence-corrected chi connectivity index (χ0v) is 19.2. The normalized spacial score (nSPS) is 17.6. The van der Waals surface area contributed by atoms with E-state index in [0.717, 1.165) is 16.7 Å². The number of benzene rings is 2. The van der Waals surface area contributed by atoms with E-state index in [2.05, 4.69) is 10.3 Å². The first-order valence-corrected chi connectivity index (χ1v) is 11.4. The summed E-state index contributed by atoms with van der Waals surface area (Å²) in [4.78, 5) is 27.8. The summed E-state index contributed by atoms with van der Waals surface area (Å²) in [6.45, 7) is 0.527. The summed E-state index contributed by atoms with van der Waals surface area (Å²) >= 11 is 5.89. The minimum atomic E-state index is -0.841. The number of oxazole rings is 1. The van der Waals surface area contributed by atoms with Crippen molar-refractivity contribution in [3.05, 3.63) is 88.1 Å². The molecule has 1 amide bonds. The zero-order chi connectivity index (χ0) is 23.9. The Bertz CT molecular complexity index is 1130. The van der Waals surface area contributed by atoms with Gasteiger partial charge in [-0.05, 0) is 41.7 Å². The molecule has 0 saturated carbocycles. The molecule has 9 heteroatoms. The number of amides is 1. The van der Waals surface area contributed by atoms with Gasteiger partial charge in [0.15, 0.2) is 11.8 Å². The lowest BCUT2D eigenvalue weighted by Crippen LogP contribution is -2.26. The highest BCUT2D eigenvalue weighted by Crippen LogP contribution is 2.31. The van der Waals surface area contributed by atoms with Crippen molar-refractivity contribution in [1.82, 2.24) is 10.3 Å². The molecule has 34 heavy (non-hydrogen) atoms. The third-order valence-electron chi connectivity index (χ3n) is 5.63. The predicted molar refractivity (Wildman–Crippen MR) is 124 cm³/mol. The maximum atomic E-state index is 12.5. The third kappa shape index (κ3) is 6.22. The lowest BCUT2D eigenvalue weighted by molar-refractivity contribution is -0.136. The number of carbonyl (C=O) groups excluding carboxylic acids is 1. The number of nitrogens with one attached hydrogen (secondary N) is 1. The second kappa shape index (κ2) is 11.3. The van der Waals surface area contributed by atoms with Crippen molar-refractivity contribution < 1.29 is 28.6 Å². The Morgan fingerprint density at radius 2 is 1.82 bits per heavy atom. The highest BCUT2D eigenvalue weighted by molar-refractivity contribution is 6.30. The molecular weight excluding hydrogens is 460 g/mol. The number of carbonyl (C=O) groups is 2. The van der Waals surface area contributed by atoms with Gasteiger partial charge in [0.05, 0.1) is 6.10 Å². The van der Waals surface area contributed by atoms with Crippen LogP contribution in [-0.4, -0.2) is 41.4 Å². The maximum absolute atomic E-state index is 12.5. The monoisotopic (exact) mass is 484 g/mol. The number of hydrogen-bond acceptors (Lipinski definition) is 6. The number of aryl methyl sites for hydroxylation is 1. The van der Waals surface area contributed by atoms with Crippen LogP contribution in [0.3, 0.4) is 0 Å². The predicted octanol–water partition coefficient (Wildman–Crippen LogP) is 3.97.